The summed E-state index contributed by atoms with van der Waals surface area (Å²) in [6.45, 7) is 2.49. The molecule has 0 aliphatic rings. The molecule has 0 saturated carbocycles. The van der Waals surface area contributed by atoms with E-state index in [4.69, 9.17) is 22.1 Å². The van der Waals surface area contributed by atoms with E-state index in [0.717, 1.165) is 11.3 Å². The molecule has 1 unspecified atom stereocenters. The predicted molar refractivity (Wildman–Crippen MR) is 75.1 cm³/mol. The van der Waals surface area contributed by atoms with Gasteiger partial charge in [0, 0.05) is 11.6 Å². The molecular weight excluding hydrogens is 246 g/mol. The highest BCUT2D eigenvalue weighted by Gasteiger charge is 2.11. The lowest BCUT2D eigenvalue weighted by Crippen LogP contribution is -2.18. The van der Waals surface area contributed by atoms with Crippen LogP contribution in [0.1, 0.15) is 17.2 Å². The average Bonchev–Trinajstić information content (AvgIpc) is 2.38. The molecule has 94 valence electrons. The zero-order valence-electron chi connectivity index (χ0n) is 10.3. The Hall–Kier alpha value is -1.51. The number of ether oxygens (including phenoxy) is 1. The van der Waals surface area contributed by atoms with E-state index in [0.29, 0.717) is 11.6 Å². The van der Waals surface area contributed by atoms with E-state index in [2.05, 4.69) is 19.1 Å². The summed E-state index contributed by atoms with van der Waals surface area (Å²) >= 11 is 5.84. The lowest BCUT2D eigenvalue weighted by atomic mass is 10.1. The number of benzene rings is 2. The van der Waals surface area contributed by atoms with E-state index in [-0.39, 0.29) is 6.10 Å². The third kappa shape index (κ3) is 3.25. The third-order valence-electron chi connectivity index (χ3n) is 2.72. The molecule has 0 bridgehead atoms. The van der Waals surface area contributed by atoms with Crippen LogP contribution in [0, 0.1) is 6.92 Å². The Morgan fingerprint density at radius 3 is 2.50 bits per heavy atom. The first-order chi connectivity index (χ1) is 8.69. The molecule has 2 rings (SSSR count). The van der Waals surface area contributed by atoms with Gasteiger partial charge in [0.2, 0.25) is 0 Å². The van der Waals surface area contributed by atoms with Gasteiger partial charge in [0.25, 0.3) is 0 Å². The van der Waals surface area contributed by atoms with Crippen LogP contribution in [0.25, 0.3) is 0 Å². The average molecular weight is 262 g/mol. The molecule has 0 radical (unpaired) electrons. The van der Waals surface area contributed by atoms with Crippen LogP contribution in [0.15, 0.2) is 48.5 Å². The van der Waals surface area contributed by atoms with Crippen LogP contribution < -0.4 is 10.5 Å². The number of hydrogen-bond acceptors (Lipinski definition) is 2. The van der Waals surface area contributed by atoms with Crippen LogP contribution in [0.4, 0.5) is 0 Å². The highest BCUT2D eigenvalue weighted by Crippen LogP contribution is 2.23. The Labute approximate surface area is 112 Å². The molecule has 1 atom stereocenters. The molecule has 2 aromatic carbocycles. The fourth-order valence-electron chi connectivity index (χ4n) is 1.80. The van der Waals surface area contributed by atoms with Gasteiger partial charge in [-0.3, -0.25) is 0 Å². The number of hydrogen-bond donors (Lipinski definition) is 1. The van der Waals surface area contributed by atoms with Gasteiger partial charge in [-0.15, -0.1) is 0 Å². The molecule has 0 saturated heterocycles. The first-order valence-corrected chi connectivity index (χ1v) is 6.25. The lowest BCUT2D eigenvalue weighted by Gasteiger charge is -2.18. The van der Waals surface area contributed by atoms with Gasteiger partial charge in [-0.25, -0.2) is 0 Å². The van der Waals surface area contributed by atoms with Gasteiger partial charge in [0.05, 0.1) is 0 Å². The van der Waals surface area contributed by atoms with Crippen LogP contribution in [0.2, 0.25) is 5.02 Å². The zero-order chi connectivity index (χ0) is 13.0. The van der Waals surface area contributed by atoms with Gasteiger partial charge in [0.1, 0.15) is 11.9 Å². The standard InChI is InChI=1S/C15H16ClNO/c1-11-3-2-4-12(9-11)15(10-17)18-14-7-5-13(16)6-8-14/h2-9,15H,10,17H2,1H3. The first-order valence-electron chi connectivity index (χ1n) is 5.88. The second-order valence-electron chi connectivity index (χ2n) is 4.21. The highest BCUT2D eigenvalue weighted by molar-refractivity contribution is 6.30. The number of aryl methyl sites for hydroxylation is 1. The quantitative estimate of drug-likeness (QED) is 0.910. The topological polar surface area (TPSA) is 35.2 Å². The van der Waals surface area contributed by atoms with Crippen molar-refractivity contribution in [3.63, 3.8) is 0 Å². The SMILES string of the molecule is Cc1cccc(C(CN)Oc2ccc(Cl)cc2)c1. The summed E-state index contributed by atoms with van der Waals surface area (Å²) in [6, 6.07) is 15.5. The second-order valence-corrected chi connectivity index (χ2v) is 4.65. The van der Waals surface area contributed by atoms with Gasteiger partial charge in [0.15, 0.2) is 0 Å². The maximum absolute atomic E-state index is 5.88. The number of nitrogens with two attached hydrogens (primary N) is 1. The molecule has 2 aromatic rings. The number of halogens is 1. The Bertz CT molecular complexity index is 510. The van der Waals surface area contributed by atoms with Gasteiger partial charge in [-0.2, -0.15) is 0 Å². The molecule has 0 aliphatic heterocycles. The molecule has 0 fully saturated rings. The fourth-order valence-corrected chi connectivity index (χ4v) is 1.93. The van der Waals surface area contributed by atoms with E-state index in [9.17, 15) is 0 Å². The van der Waals surface area contributed by atoms with Crippen molar-refractivity contribution in [3.05, 3.63) is 64.7 Å². The molecule has 3 heteroatoms. The van der Waals surface area contributed by atoms with Crippen LogP contribution >= 0.6 is 11.6 Å². The minimum Gasteiger partial charge on any atom is -0.484 e. The molecule has 2 nitrogen and oxygen atoms in total. The second kappa shape index (κ2) is 5.89. The van der Waals surface area contributed by atoms with E-state index in [1.54, 1.807) is 12.1 Å². The van der Waals surface area contributed by atoms with Crippen molar-refractivity contribution in [1.29, 1.82) is 0 Å². The maximum atomic E-state index is 5.88. The molecule has 0 aliphatic carbocycles. The van der Waals surface area contributed by atoms with Crippen LogP contribution in [-0.4, -0.2) is 6.54 Å². The number of rotatable bonds is 4. The molecule has 2 N–H and O–H groups in total. The van der Waals surface area contributed by atoms with E-state index < -0.39 is 0 Å². The van der Waals surface area contributed by atoms with Crippen LogP contribution in [0.5, 0.6) is 5.75 Å². The Balaban J connectivity index is 2.17. The first kappa shape index (κ1) is 12.9. The summed E-state index contributed by atoms with van der Waals surface area (Å²) in [6.07, 6.45) is -0.133. The summed E-state index contributed by atoms with van der Waals surface area (Å²) in [4.78, 5) is 0. The van der Waals surface area contributed by atoms with Gasteiger partial charge in [-0.1, -0.05) is 41.4 Å². The molecule has 0 amide bonds. The minimum atomic E-state index is -0.133. The van der Waals surface area contributed by atoms with Gasteiger partial charge >= 0.3 is 0 Å². The largest absolute Gasteiger partial charge is 0.484 e. The summed E-state index contributed by atoms with van der Waals surface area (Å²) in [5.74, 6) is 0.774. The minimum absolute atomic E-state index is 0.133. The summed E-state index contributed by atoms with van der Waals surface area (Å²) < 4.78 is 5.88. The third-order valence-corrected chi connectivity index (χ3v) is 2.97. The molecule has 0 heterocycles. The van der Waals surface area contributed by atoms with Crippen molar-refractivity contribution in [2.24, 2.45) is 5.73 Å². The lowest BCUT2D eigenvalue weighted by molar-refractivity contribution is 0.214. The van der Waals surface area contributed by atoms with E-state index >= 15 is 0 Å². The van der Waals surface area contributed by atoms with Crippen molar-refractivity contribution in [3.8, 4) is 5.75 Å². The van der Waals surface area contributed by atoms with E-state index in [1.165, 1.54) is 5.56 Å². The highest BCUT2D eigenvalue weighted by atomic mass is 35.5. The van der Waals surface area contributed by atoms with E-state index in [1.807, 2.05) is 24.3 Å². The van der Waals surface area contributed by atoms with Gasteiger partial charge in [-0.05, 0) is 36.8 Å². The van der Waals surface area contributed by atoms with Crippen molar-refractivity contribution in [1.82, 2.24) is 0 Å². The smallest absolute Gasteiger partial charge is 0.136 e. The Morgan fingerprint density at radius 1 is 1.17 bits per heavy atom. The van der Waals surface area contributed by atoms with Crippen molar-refractivity contribution in [2.45, 2.75) is 13.0 Å². The van der Waals surface area contributed by atoms with Crippen molar-refractivity contribution >= 4 is 11.6 Å². The van der Waals surface area contributed by atoms with Crippen LogP contribution in [-0.2, 0) is 0 Å². The zero-order valence-corrected chi connectivity index (χ0v) is 11.0. The monoisotopic (exact) mass is 261 g/mol. The Morgan fingerprint density at radius 2 is 1.89 bits per heavy atom. The van der Waals surface area contributed by atoms with Gasteiger partial charge < -0.3 is 10.5 Å². The molecular formula is C15H16ClNO. The van der Waals surface area contributed by atoms with Crippen molar-refractivity contribution in [2.75, 3.05) is 6.54 Å². The maximum Gasteiger partial charge on any atom is 0.136 e. The van der Waals surface area contributed by atoms with Crippen molar-refractivity contribution < 1.29 is 4.74 Å². The molecule has 18 heavy (non-hydrogen) atoms. The molecule has 0 spiro atoms. The predicted octanol–water partition coefficient (Wildman–Crippen LogP) is 3.73. The summed E-state index contributed by atoms with van der Waals surface area (Å²) in [5, 5.41) is 0.696. The Kier molecular flexibility index (Phi) is 4.24. The van der Waals surface area contributed by atoms with Crippen LogP contribution in [0.3, 0.4) is 0 Å². The summed E-state index contributed by atoms with van der Waals surface area (Å²) in [5.41, 5.74) is 8.07. The normalized spacial score (nSPS) is 12.2. The fraction of sp³-hybridized carbons (Fsp3) is 0.200. The molecule has 0 aromatic heterocycles. The summed E-state index contributed by atoms with van der Waals surface area (Å²) in [7, 11) is 0.